The standard InChI is InChI=1S/C16H19N3O2S/c1-10-4-7-14(21-3)12(8-10)13(20)9-22-16-18-17-15(19(16)2)11-5-6-11/h4,7-8,11H,5-6,9H2,1-3H3. The van der Waals surface area contributed by atoms with Crippen LogP contribution in [0.15, 0.2) is 23.4 Å². The van der Waals surface area contributed by atoms with Gasteiger partial charge in [-0.25, -0.2) is 0 Å². The molecule has 1 aromatic carbocycles. The molecular weight excluding hydrogens is 298 g/mol. The first-order chi connectivity index (χ1) is 10.6. The number of aryl methyl sites for hydroxylation is 1. The zero-order chi connectivity index (χ0) is 15.7. The molecular formula is C16H19N3O2S. The lowest BCUT2D eigenvalue weighted by Gasteiger charge is -2.08. The largest absolute Gasteiger partial charge is 0.496 e. The number of aromatic nitrogens is 3. The minimum absolute atomic E-state index is 0.0431. The lowest BCUT2D eigenvalue weighted by Crippen LogP contribution is -2.06. The van der Waals surface area contributed by atoms with Gasteiger partial charge in [-0.15, -0.1) is 10.2 Å². The molecule has 22 heavy (non-hydrogen) atoms. The number of nitrogens with zero attached hydrogens (tertiary/aromatic N) is 3. The number of benzene rings is 1. The van der Waals surface area contributed by atoms with Crippen molar-refractivity contribution >= 4 is 17.5 Å². The maximum absolute atomic E-state index is 12.5. The zero-order valence-electron chi connectivity index (χ0n) is 13.0. The first-order valence-electron chi connectivity index (χ1n) is 7.30. The van der Waals surface area contributed by atoms with E-state index >= 15 is 0 Å². The summed E-state index contributed by atoms with van der Waals surface area (Å²) in [4.78, 5) is 12.5. The fourth-order valence-corrected chi connectivity index (χ4v) is 3.20. The molecule has 1 heterocycles. The second kappa shape index (κ2) is 6.12. The molecule has 0 amide bonds. The lowest BCUT2D eigenvalue weighted by atomic mass is 10.1. The molecule has 1 fully saturated rings. The van der Waals surface area contributed by atoms with Crippen LogP contribution in [-0.4, -0.2) is 33.4 Å². The number of ketones is 1. The van der Waals surface area contributed by atoms with Crippen LogP contribution in [-0.2, 0) is 7.05 Å². The second-order valence-corrected chi connectivity index (χ2v) is 6.53. The van der Waals surface area contributed by atoms with Crippen LogP contribution in [0.5, 0.6) is 5.75 Å². The van der Waals surface area contributed by atoms with E-state index in [-0.39, 0.29) is 5.78 Å². The number of ether oxygens (including phenoxy) is 1. The van der Waals surface area contributed by atoms with Crippen molar-refractivity contribution in [3.05, 3.63) is 35.2 Å². The number of carbonyl (C=O) groups is 1. The van der Waals surface area contributed by atoms with Gasteiger partial charge in [0.1, 0.15) is 11.6 Å². The second-order valence-electron chi connectivity index (χ2n) is 5.59. The molecule has 1 saturated carbocycles. The van der Waals surface area contributed by atoms with E-state index in [0.29, 0.717) is 23.0 Å². The third-order valence-electron chi connectivity index (χ3n) is 3.80. The van der Waals surface area contributed by atoms with Crippen LogP contribution in [0.3, 0.4) is 0 Å². The van der Waals surface area contributed by atoms with E-state index < -0.39 is 0 Å². The number of hydrogen-bond donors (Lipinski definition) is 0. The van der Waals surface area contributed by atoms with Crippen LogP contribution in [0.2, 0.25) is 0 Å². The van der Waals surface area contributed by atoms with Gasteiger partial charge in [0.15, 0.2) is 10.9 Å². The van der Waals surface area contributed by atoms with Crippen molar-refractivity contribution in [2.45, 2.75) is 30.8 Å². The summed E-state index contributed by atoms with van der Waals surface area (Å²) in [5.41, 5.74) is 1.67. The predicted molar refractivity (Wildman–Crippen MR) is 85.8 cm³/mol. The Morgan fingerprint density at radius 1 is 1.41 bits per heavy atom. The van der Waals surface area contributed by atoms with Crippen LogP contribution >= 0.6 is 11.8 Å². The van der Waals surface area contributed by atoms with Gasteiger partial charge in [-0.05, 0) is 31.9 Å². The van der Waals surface area contributed by atoms with Gasteiger partial charge in [-0.3, -0.25) is 4.79 Å². The zero-order valence-corrected chi connectivity index (χ0v) is 13.8. The molecule has 6 heteroatoms. The molecule has 1 aromatic heterocycles. The van der Waals surface area contributed by atoms with E-state index in [2.05, 4.69) is 10.2 Å². The van der Waals surface area contributed by atoms with Crippen molar-refractivity contribution in [3.8, 4) is 5.75 Å². The highest BCUT2D eigenvalue weighted by Crippen LogP contribution is 2.39. The topological polar surface area (TPSA) is 57.0 Å². The lowest BCUT2D eigenvalue weighted by molar-refractivity contribution is 0.101. The van der Waals surface area contributed by atoms with Crippen molar-refractivity contribution < 1.29 is 9.53 Å². The molecule has 1 aliphatic carbocycles. The molecule has 116 valence electrons. The first-order valence-corrected chi connectivity index (χ1v) is 8.28. The van der Waals surface area contributed by atoms with E-state index in [1.165, 1.54) is 24.6 Å². The van der Waals surface area contributed by atoms with Crippen LogP contribution in [0.25, 0.3) is 0 Å². The summed E-state index contributed by atoms with van der Waals surface area (Å²) in [5, 5.41) is 9.22. The molecule has 0 unspecified atom stereocenters. The summed E-state index contributed by atoms with van der Waals surface area (Å²) in [5.74, 6) is 2.58. The van der Waals surface area contributed by atoms with Gasteiger partial charge < -0.3 is 9.30 Å². The first kappa shape index (κ1) is 15.1. The predicted octanol–water partition coefficient (Wildman–Crippen LogP) is 2.98. The quantitative estimate of drug-likeness (QED) is 0.605. The van der Waals surface area contributed by atoms with E-state index in [9.17, 15) is 4.79 Å². The number of rotatable bonds is 6. The highest BCUT2D eigenvalue weighted by atomic mass is 32.2. The Kier molecular flexibility index (Phi) is 4.20. The maximum atomic E-state index is 12.5. The highest BCUT2D eigenvalue weighted by Gasteiger charge is 2.29. The van der Waals surface area contributed by atoms with Gasteiger partial charge in [0.25, 0.3) is 0 Å². The van der Waals surface area contributed by atoms with Crippen molar-refractivity contribution in [2.75, 3.05) is 12.9 Å². The summed E-state index contributed by atoms with van der Waals surface area (Å²) in [6.07, 6.45) is 2.38. The molecule has 0 atom stereocenters. The molecule has 0 bridgehead atoms. The fraction of sp³-hybridized carbons (Fsp3) is 0.438. The fourth-order valence-electron chi connectivity index (χ4n) is 2.40. The number of methoxy groups -OCH3 is 1. The molecule has 1 aliphatic rings. The van der Waals surface area contributed by atoms with Crippen molar-refractivity contribution in [3.63, 3.8) is 0 Å². The van der Waals surface area contributed by atoms with Crippen LogP contribution in [0, 0.1) is 6.92 Å². The van der Waals surface area contributed by atoms with Gasteiger partial charge in [0.05, 0.1) is 18.4 Å². The van der Waals surface area contributed by atoms with Gasteiger partial charge in [0.2, 0.25) is 0 Å². The summed E-state index contributed by atoms with van der Waals surface area (Å²) < 4.78 is 7.28. The van der Waals surface area contributed by atoms with E-state index in [1.807, 2.05) is 36.7 Å². The molecule has 3 rings (SSSR count). The van der Waals surface area contributed by atoms with Gasteiger partial charge in [-0.1, -0.05) is 23.4 Å². The molecule has 2 aromatic rings. The Bertz CT molecular complexity index is 707. The van der Waals surface area contributed by atoms with Crippen LogP contribution in [0.4, 0.5) is 0 Å². The van der Waals surface area contributed by atoms with Crippen molar-refractivity contribution in [2.24, 2.45) is 7.05 Å². The van der Waals surface area contributed by atoms with Crippen molar-refractivity contribution in [1.82, 2.24) is 14.8 Å². The number of thioether (sulfide) groups is 1. The minimum atomic E-state index is 0.0431. The van der Waals surface area contributed by atoms with Gasteiger partial charge >= 0.3 is 0 Å². The summed E-state index contributed by atoms with van der Waals surface area (Å²) in [7, 11) is 3.55. The smallest absolute Gasteiger partial charge is 0.191 e. The van der Waals surface area contributed by atoms with E-state index in [4.69, 9.17) is 4.74 Å². The molecule has 0 N–H and O–H groups in total. The van der Waals surface area contributed by atoms with Crippen molar-refractivity contribution in [1.29, 1.82) is 0 Å². The normalized spacial score (nSPS) is 14.1. The molecule has 0 aliphatic heterocycles. The van der Waals surface area contributed by atoms with E-state index in [1.54, 1.807) is 7.11 Å². The molecule has 0 radical (unpaired) electrons. The van der Waals surface area contributed by atoms with E-state index in [0.717, 1.165) is 16.5 Å². The Morgan fingerprint density at radius 3 is 2.86 bits per heavy atom. The number of hydrogen-bond acceptors (Lipinski definition) is 5. The van der Waals surface area contributed by atoms with Gasteiger partial charge in [-0.2, -0.15) is 0 Å². The maximum Gasteiger partial charge on any atom is 0.191 e. The Labute approximate surface area is 134 Å². The Morgan fingerprint density at radius 2 is 2.18 bits per heavy atom. The third-order valence-corrected chi connectivity index (χ3v) is 4.82. The average Bonchev–Trinajstić information content (AvgIpc) is 3.29. The summed E-state index contributed by atoms with van der Waals surface area (Å²) >= 11 is 1.43. The van der Waals surface area contributed by atoms with Crippen LogP contribution in [0.1, 0.15) is 40.5 Å². The highest BCUT2D eigenvalue weighted by molar-refractivity contribution is 7.99. The Hall–Kier alpha value is -1.82. The Balaban J connectivity index is 1.71. The summed E-state index contributed by atoms with van der Waals surface area (Å²) in [6, 6.07) is 5.64. The third kappa shape index (κ3) is 3.02. The monoisotopic (exact) mass is 317 g/mol. The number of carbonyl (C=O) groups excluding carboxylic acids is 1. The molecule has 0 saturated heterocycles. The average molecular weight is 317 g/mol. The van der Waals surface area contributed by atoms with Gasteiger partial charge in [0, 0.05) is 13.0 Å². The molecule has 0 spiro atoms. The number of Topliss-reactive ketones (excluding diaryl/α,β-unsaturated/α-hetero) is 1. The summed E-state index contributed by atoms with van der Waals surface area (Å²) in [6.45, 7) is 1.97. The molecule has 5 nitrogen and oxygen atoms in total. The minimum Gasteiger partial charge on any atom is -0.496 e. The van der Waals surface area contributed by atoms with Crippen LogP contribution < -0.4 is 4.74 Å². The SMILES string of the molecule is COc1ccc(C)cc1C(=O)CSc1nnc(C2CC2)n1C.